The van der Waals surface area contributed by atoms with Gasteiger partial charge in [0, 0.05) is 38.4 Å². The zero-order chi connectivity index (χ0) is 20.6. The monoisotopic (exact) mass is 421 g/mol. The van der Waals surface area contributed by atoms with E-state index in [1.54, 1.807) is 39.8 Å². The topological polar surface area (TPSA) is 70.2 Å². The van der Waals surface area contributed by atoms with Crippen LogP contribution in [0, 0.1) is 5.82 Å². The third-order valence-electron chi connectivity index (χ3n) is 5.88. The van der Waals surface area contributed by atoms with Crippen LogP contribution in [-0.4, -0.2) is 77.0 Å². The van der Waals surface area contributed by atoms with Crippen LogP contribution in [0.3, 0.4) is 0 Å². The Bertz CT molecular complexity index is 830. The number of carbonyl (C=O) groups is 3. The van der Waals surface area contributed by atoms with E-state index in [2.05, 4.69) is 0 Å². The first-order valence-corrected chi connectivity index (χ1v) is 10.8. The molecule has 0 aliphatic carbocycles. The van der Waals surface area contributed by atoms with Crippen LogP contribution in [0.2, 0.25) is 0 Å². The number of carbonyl (C=O) groups excluding carboxylic acids is 3. The maximum absolute atomic E-state index is 13.9. The molecule has 0 N–H and O–H groups in total. The van der Waals surface area contributed by atoms with E-state index in [0.717, 1.165) is 6.42 Å². The van der Waals surface area contributed by atoms with Gasteiger partial charge in [0.25, 0.3) is 5.91 Å². The van der Waals surface area contributed by atoms with Gasteiger partial charge in [0.15, 0.2) is 6.61 Å². The van der Waals surface area contributed by atoms with Gasteiger partial charge in [-0.3, -0.25) is 9.59 Å². The quantitative estimate of drug-likeness (QED) is 0.686. The number of ether oxygens (including phenoxy) is 1. The number of esters is 1. The van der Waals surface area contributed by atoms with Gasteiger partial charge < -0.3 is 19.4 Å². The zero-order valence-electron chi connectivity index (χ0n) is 16.3. The fourth-order valence-corrected chi connectivity index (χ4v) is 5.64. The Labute approximate surface area is 173 Å². The molecule has 3 saturated heterocycles. The molecule has 156 valence electrons. The third kappa shape index (κ3) is 3.80. The van der Waals surface area contributed by atoms with Gasteiger partial charge in [0.1, 0.15) is 11.9 Å². The number of hydrogen-bond donors (Lipinski definition) is 0. The zero-order valence-corrected chi connectivity index (χ0v) is 17.1. The first-order chi connectivity index (χ1) is 13.9. The van der Waals surface area contributed by atoms with Crippen molar-refractivity contribution in [1.29, 1.82) is 0 Å². The molecule has 0 bridgehead atoms. The van der Waals surface area contributed by atoms with Crippen molar-refractivity contribution in [1.82, 2.24) is 9.80 Å². The Morgan fingerprint density at radius 3 is 2.69 bits per heavy atom. The Hall–Kier alpha value is -2.29. The lowest BCUT2D eigenvalue weighted by atomic mass is 10.2. The van der Waals surface area contributed by atoms with Crippen molar-refractivity contribution < 1.29 is 23.5 Å². The van der Waals surface area contributed by atoms with Crippen LogP contribution >= 0.6 is 11.8 Å². The van der Waals surface area contributed by atoms with Crippen molar-refractivity contribution in [2.75, 3.05) is 43.4 Å². The van der Waals surface area contributed by atoms with E-state index in [1.165, 1.54) is 6.07 Å². The van der Waals surface area contributed by atoms with Crippen molar-refractivity contribution in [3.8, 4) is 0 Å². The lowest BCUT2D eigenvalue weighted by Crippen LogP contribution is -2.51. The highest BCUT2D eigenvalue weighted by Crippen LogP contribution is 2.47. The van der Waals surface area contributed by atoms with Crippen LogP contribution < -0.4 is 4.90 Å². The number of amides is 2. The molecule has 0 saturated carbocycles. The van der Waals surface area contributed by atoms with E-state index in [1.807, 2.05) is 11.8 Å². The molecule has 3 fully saturated rings. The number of nitrogens with zero attached hydrogens (tertiary/aromatic N) is 3. The van der Waals surface area contributed by atoms with Crippen LogP contribution in [0.4, 0.5) is 10.1 Å². The molecule has 29 heavy (non-hydrogen) atoms. The highest BCUT2D eigenvalue weighted by molar-refractivity contribution is 8.01. The van der Waals surface area contributed by atoms with Gasteiger partial charge in [-0.05, 0) is 25.5 Å². The van der Waals surface area contributed by atoms with Crippen molar-refractivity contribution in [3.63, 3.8) is 0 Å². The minimum atomic E-state index is -0.620. The maximum atomic E-state index is 13.9. The molecule has 0 radical (unpaired) electrons. The number of thioether (sulfide) groups is 1. The highest BCUT2D eigenvalue weighted by atomic mass is 32.2. The summed E-state index contributed by atoms with van der Waals surface area (Å²) in [7, 11) is 0. The van der Waals surface area contributed by atoms with E-state index in [0.29, 0.717) is 44.0 Å². The second-order valence-corrected chi connectivity index (χ2v) is 9.19. The molecule has 2 atom stereocenters. The minimum Gasteiger partial charge on any atom is -0.454 e. The molecule has 0 spiro atoms. The summed E-state index contributed by atoms with van der Waals surface area (Å²) in [6.07, 6.45) is 1.17. The summed E-state index contributed by atoms with van der Waals surface area (Å²) in [5, 5.41) is 0. The summed E-state index contributed by atoms with van der Waals surface area (Å²) in [6.45, 7) is 3.54. The largest absolute Gasteiger partial charge is 0.454 e. The third-order valence-corrected chi connectivity index (χ3v) is 7.39. The molecule has 3 aliphatic heterocycles. The lowest BCUT2D eigenvalue weighted by Gasteiger charge is -2.36. The van der Waals surface area contributed by atoms with E-state index >= 15 is 0 Å². The normalized spacial score (nSPS) is 26.6. The molecule has 3 heterocycles. The molecule has 3 aliphatic rings. The Morgan fingerprint density at radius 1 is 1.24 bits per heavy atom. The van der Waals surface area contributed by atoms with Gasteiger partial charge in [0.2, 0.25) is 5.91 Å². The van der Waals surface area contributed by atoms with Gasteiger partial charge >= 0.3 is 5.97 Å². The van der Waals surface area contributed by atoms with Gasteiger partial charge in [-0.25, -0.2) is 9.18 Å². The van der Waals surface area contributed by atoms with Crippen molar-refractivity contribution in [2.24, 2.45) is 0 Å². The maximum Gasteiger partial charge on any atom is 0.330 e. The summed E-state index contributed by atoms with van der Waals surface area (Å²) in [5.41, 5.74) is 0.531. The summed E-state index contributed by atoms with van der Waals surface area (Å²) in [4.78, 5) is 41.9. The molecule has 0 aromatic heterocycles. The minimum absolute atomic E-state index is 0.0324. The second kappa shape index (κ2) is 7.85. The van der Waals surface area contributed by atoms with E-state index in [-0.39, 0.29) is 29.1 Å². The molecule has 4 rings (SSSR count). The van der Waals surface area contributed by atoms with Gasteiger partial charge in [0.05, 0.1) is 10.6 Å². The molecule has 2 amide bonds. The SMILES string of the molecule is C[C@@]12CCC(=O)N1[C@@H](C(=O)OCC(=O)N1CCN(c3ccccc3F)CC1)CS2. The lowest BCUT2D eigenvalue weighted by molar-refractivity contribution is -0.158. The number of hydrogen-bond acceptors (Lipinski definition) is 6. The predicted molar refractivity (Wildman–Crippen MR) is 107 cm³/mol. The smallest absolute Gasteiger partial charge is 0.330 e. The van der Waals surface area contributed by atoms with Gasteiger partial charge in [-0.15, -0.1) is 11.8 Å². The highest BCUT2D eigenvalue weighted by Gasteiger charge is 2.53. The number of fused-ring (bicyclic) bond motifs is 1. The van der Waals surface area contributed by atoms with E-state index < -0.39 is 12.0 Å². The number of halogens is 1. The van der Waals surface area contributed by atoms with Crippen LogP contribution in [0.25, 0.3) is 0 Å². The number of para-hydroxylation sites is 1. The Balaban J connectivity index is 1.27. The summed E-state index contributed by atoms with van der Waals surface area (Å²) < 4.78 is 19.2. The summed E-state index contributed by atoms with van der Waals surface area (Å²) in [6, 6.07) is 5.96. The Morgan fingerprint density at radius 2 is 1.97 bits per heavy atom. The Kier molecular flexibility index (Phi) is 5.42. The molecule has 1 aromatic carbocycles. The number of rotatable bonds is 4. The fraction of sp³-hybridized carbons (Fsp3) is 0.550. The average Bonchev–Trinajstić information content (AvgIpc) is 3.22. The molecule has 0 unspecified atom stereocenters. The molecular formula is C20H24FN3O4S. The number of benzene rings is 1. The second-order valence-electron chi connectivity index (χ2n) is 7.69. The van der Waals surface area contributed by atoms with Crippen molar-refractivity contribution >= 4 is 35.2 Å². The van der Waals surface area contributed by atoms with Crippen LogP contribution in [0.15, 0.2) is 24.3 Å². The molecule has 1 aromatic rings. The summed E-state index contributed by atoms with van der Waals surface area (Å²) in [5.74, 6) is -0.604. The van der Waals surface area contributed by atoms with Crippen LogP contribution in [0.5, 0.6) is 0 Å². The predicted octanol–water partition coefficient (Wildman–Crippen LogP) is 1.47. The van der Waals surface area contributed by atoms with E-state index in [9.17, 15) is 18.8 Å². The molecular weight excluding hydrogens is 397 g/mol. The average molecular weight is 421 g/mol. The van der Waals surface area contributed by atoms with E-state index in [4.69, 9.17) is 4.74 Å². The first-order valence-electron chi connectivity index (χ1n) is 9.79. The van der Waals surface area contributed by atoms with Gasteiger partial charge in [-0.2, -0.15) is 0 Å². The van der Waals surface area contributed by atoms with Crippen LogP contribution in [-0.2, 0) is 19.1 Å². The first kappa shape index (κ1) is 20.0. The van der Waals surface area contributed by atoms with Crippen molar-refractivity contribution in [2.45, 2.75) is 30.7 Å². The van der Waals surface area contributed by atoms with Crippen LogP contribution in [0.1, 0.15) is 19.8 Å². The van der Waals surface area contributed by atoms with Gasteiger partial charge in [-0.1, -0.05) is 12.1 Å². The number of piperazine rings is 1. The standard InChI is InChI=1S/C20H24FN3O4S/c1-20-7-6-17(25)24(20)16(13-29-20)19(27)28-12-18(26)23-10-8-22(9-11-23)15-5-3-2-4-14(15)21/h2-5,16H,6-13H2,1H3/t16-,20-/m1/s1. The van der Waals surface area contributed by atoms with Crippen molar-refractivity contribution in [3.05, 3.63) is 30.1 Å². The molecule has 9 heteroatoms. The summed E-state index contributed by atoms with van der Waals surface area (Å²) >= 11 is 1.59. The number of anilines is 1. The fourth-order valence-electron chi connectivity index (χ4n) is 4.22. The molecule has 7 nitrogen and oxygen atoms in total.